The molecule has 0 bridgehead atoms. The van der Waals surface area contributed by atoms with Gasteiger partial charge in [0.15, 0.2) is 0 Å². The number of carbonyl (C=O) groups excluding carboxylic acids is 2. The Morgan fingerprint density at radius 3 is 2.64 bits per heavy atom. The Hall–Kier alpha value is -1.10. The number of aliphatic hydroxyl groups is 1. The van der Waals surface area contributed by atoms with Crippen LogP contribution >= 0.6 is 0 Å². The Kier molecular flexibility index (Phi) is 9.13. The summed E-state index contributed by atoms with van der Waals surface area (Å²) in [5.74, 6) is 1.04. The first-order valence-electron chi connectivity index (χ1n) is 8.77. The predicted molar refractivity (Wildman–Crippen MR) is 87.3 cm³/mol. The van der Waals surface area contributed by atoms with E-state index in [0.717, 1.165) is 45.2 Å². The summed E-state index contributed by atoms with van der Waals surface area (Å²) in [7, 11) is 0. The van der Waals surface area contributed by atoms with Gasteiger partial charge in [-0.2, -0.15) is 0 Å². The first-order valence-corrected chi connectivity index (χ1v) is 8.77. The van der Waals surface area contributed by atoms with E-state index in [4.69, 9.17) is 5.11 Å². The average molecular weight is 312 g/mol. The van der Waals surface area contributed by atoms with E-state index in [1.807, 2.05) is 4.90 Å². The van der Waals surface area contributed by atoms with Crippen molar-refractivity contribution in [1.29, 1.82) is 0 Å². The monoisotopic (exact) mass is 312 g/mol. The normalized spacial score (nSPS) is 21.7. The van der Waals surface area contributed by atoms with E-state index in [1.54, 1.807) is 0 Å². The maximum atomic E-state index is 12.2. The van der Waals surface area contributed by atoms with Gasteiger partial charge in [-0.25, -0.2) is 0 Å². The number of piperidine rings is 1. The summed E-state index contributed by atoms with van der Waals surface area (Å²) >= 11 is 0. The molecule has 2 N–H and O–H groups in total. The van der Waals surface area contributed by atoms with Crippen molar-refractivity contribution in [2.75, 3.05) is 26.2 Å². The molecule has 1 fully saturated rings. The fourth-order valence-corrected chi connectivity index (χ4v) is 3.23. The van der Waals surface area contributed by atoms with Crippen LogP contribution in [0.4, 0.5) is 0 Å². The Balaban J connectivity index is 2.42. The molecule has 0 aromatic carbocycles. The largest absolute Gasteiger partial charge is 0.395 e. The van der Waals surface area contributed by atoms with E-state index >= 15 is 0 Å². The quantitative estimate of drug-likeness (QED) is 0.639. The number of carbonyl (C=O) groups is 2. The van der Waals surface area contributed by atoms with Crippen molar-refractivity contribution in [3.8, 4) is 0 Å². The molecule has 0 saturated carbocycles. The number of nitrogens with one attached hydrogen (secondary N) is 1. The lowest BCUT2D eigenvalue weighted by atomic mass is 9.81. The topological polar surface area (TPSA) is 69.6 Å². The summed E-state index contributed by atoms with van der Waals surface area (Å²) in [5.41, 5.74) is 0. The Morgan fingerprint density at radius 2 is 2.00 bits per heavy atom. The third kappa shape index (κ3) is 6.34. The lowest BCUT2D eigenvalue weighted by molar-refractivity contribution is -0.134. The number of hydrogen-bond donors (Lipinski definition) is 2. The summed E-state index contributed by atoms with van der Waals surface area (Å²) in [6, 6.07) is 0. The van der Waals surface area contributed by atoms with Crippen LogP contribution in [0.25, 0.3) is 0 Å². The van der Waals surface area contributed by atoms with Crippen LogP contribution in [-0.4, -0.2) is 48.1 Å². The maximum absolute atomic E-state index is 12.2. The second kappa shape index (κ2) is 10.6. The van der Waals surface area contributed by atoms with Gasteiger partial charge in [0.1, 0.15) is 0 Å². The third-order valence-corrected chi connectivity index (χ3v) is 4.64. The number of rotatable bonds is 9. The van der Waals surface area contributed by atoms with Crippen LogP contribution in [0.15, 0.2) is 0 Å². The molecule has 5 heteroatoms. The van der Waals surface area contributed by atoms with Crippen LogP contribution in [0.2, 0.25) is 0 Å². The van der Waals surface area contributed by atoms with E-state index in [1.165, 1.54) is 0 Å². The van der Waals surface area contributed by atoms with Crippen molar-refractivity contribution in [2.24, 2.45) is 11.8 Å². The van der Waals surface area contributed by atoms with Crippen LogP contribution in [0.5, 0.6) is 0 Å². The van der Waals surface area contributed by atoms with Crippen LogP contribution in [0, 0.1) is 11.8 Å². The maximum Gasteiger partial charge on any atom is 0.222 e. The van der Waals surface area contributed by atoms with Crippen molar-refractivity contribution < 1.29 is 14.7 Å². The van der Waals surface area contributed by atoms with Gasteiger partial charge in [0.05, 0.1) is 6.61 Å². The highest BCUT2D eigenvalue weighted by Gasteiger charge is 2.31. The smallest absolute Gasteiger partial charge is 0.222 e. The van der Waals surface area contributed by atoms with E-state index in [2.05, 4.69) is 19.2 Å². The van der Waals surface area contributed by atoms with Crippen LogP contribution in [0.3, 0.4) is 0 Å². The molecule has 128 valence electrons. The lowest BCUT2D eigenvalue weighted by Gasteiger charge is -2.38. The number of hydrogen-bond acceptors (Lipinski definition) is 3. The molecule has 2 amide bonds. The van der Waals surface area contributed by atoms with Gasteiger partial charge < -0.3 is 15.3 Å². The Bertz CT molecular complexity index is 347. The second-order valence-corrected chi connectivity index (χ2v) is 6.29. The molecule has 0 aromatic heterocycles. The zero-order valence-corrected chi connectivity index (χ0v) is 14.1. The zero-order chi connectivity index (χ0) is 16.4. The van der Waals surface area contributed by atoms with Crippen molar-refractivity contribution in [1.82, 2.24) is 10.2 Å². The van der Waals surface area contributed by atoms with E-state index in [9.17, 15) is 9.59 Å². The van der Waals surface area contributed by atoms with Gasteiger partial charge in [-0.15, -0.1) is 0 Å². The first-order chi connectivity index (χ1) is 10.6. The number of aliphatic hydroxyl groups excluding tert-OH is 1. The standard InChI is InChI=1S/C17H32N2O3/c1-3-5-6-7-17(22)19-10-8-15(14(4-2)13-19)12-16(21)18-9-11-20/h14-15,20H,3-13H2,1-2H3,(H,18,21)/t14-,15-/m0/s1. The minimum absolute atomic E-state index is 0.0141. The molecular formula is C17H32N2O3. The number of nitrogens with zero attached hydrogens (tertiary/aromatic N) is 1. The molecule has 0 spiro atoms. The average Bonchev–Trinajstić information content (AvgIpc) is 2.53. The lowest BCUT2D eigenvalue weighted by Crippen LogP contribution is -2.44. The van der Waals surface area contributed by atoms with Gasteiger partial charge >= 0.3 is 0 Å². The first kappa shape index (κ1) is 18.9. The van der Waals surface area contributed by atoms with Gasteiger partial charge in [0, 0.05) is 32.5 Å². The highest BCUT2D eigenvalue weighted by molar-refractivity contribution is 5.77. The Morgan fingerprint density at radius 1 is 1.23 bits per heavy atom. The summed E-state index contributed by atoms with van der Waals surface area (Å²) in [4.78, 5) is 26.0. The molecule has 1 aliphatic rings. The Labute approximate surface area is 134 Å². The van der Waals surface area contributed by atoms with Gasteiger partial charge in [-0.05, 0) is 24.7 Å². The molecule has 1 heterocycles. The molecule has 0 aliphatic carbocycles. The molecular weight excluding hydrogens is 280 g/mol. The van der Waals surface area contributed by atoms with Crippen molar-refractivity contribution in [3.05, 3.63) is 0 Å². The van der Waals surface area contributed by atoms with Crippen LogP contribution in [0.1, 0.15) is 58.8 Å². The van der Waals surface area contributed by atoms with Gasteiger partial charge in [0.25, 0.3) is 0 Å². The van der Waals surface area contributed by atoms with Crippen molar-refractivity contribution in [3.63, 3.8) is 0 Å². The highest BCUT2D eigenvalue weighted by atomic mass is 16.3. The van der Waals surface area contributed by atoms with Gasteiger partial charge in [-0.3, -0.25) is 9.59 Å². The number of amides is 2. The fourth-order valence-electron chi connectivity index (χ4n) is 3.23. The predicted octanol–water partition coefficient (Wildman–Crippen LogP) is 1.94. The molecule has 0 aromatic rings. The summed E-state index contributed by atoms with van der Waals surface area (Å²) < 4.78 is 0. The minimum Gasteiger partial charge on any atom is -0.395 e. The van der Waals surface area contributed by atoms with Crippen LogP contribution < -0.4 is 5.32 Å². The zero-order valence-electron chi connectivity index (χ0n) is 14.1. The van der Waals surface area contributed by atoms with Gasteiger partial charge in [-0.1, -0.05) is 33.1 Å². The number of unbranched alkanes of at least 4 members (excludes halogenated alkanes) is 2. The second-order valence-electron chi connectivity index (χ2n) is 6.29. The fraction of sp³-hybridized carbons (Fsp3) is 0.882. The summed E-state index contributed by atoms with van der Waals surface area (Å²) in [6.07, 6.45) is 6.31. The molecule has 2 atom stereocenters. The van der Waals surface area contributed by atoms with E-state index < -0.39 is 0 Å². The van der Waals surface area contributed by atoms with Gasteiger partial charge in [0.2, 0.25) is 11.8 Å². The molecule has 22 heavy (non-hydrogen) atoms. The molecule has 0 radical (unpaired) electrons. The molecule has 1 saturated heterocycles. The van der Waals surface area contributed by atoms with Crippen molar-refractivity contribution >= 4 is 11.8 Å². The van der Waals surface area contributed by atoms with E-state index in [0.29, 0.717) is 31.2 Å². The number of likely N-dealkylation sites (tertiary alicyclic amines) is 1. The highest BCUT2D eigenvalue weighted by Crippen LogP contribution is 2.29. The van der Waals surface area contributed by atoms with Crippen molar-refractivity contribution in [2.45, 2.75) is 58.8 Å². The van der Waals surface area contributed by atoms with Crippen LogP contribution in [-0.2, 0) is 9.59 Å². The molecule has 1 aliphatic heterocycles. The summed E-state index contributed by atoms with van der Waals surface area (Å²) in [6.45, 7) is 6.15. The third-order valence-electron chi connectivity index (χ3n) is 4.64. The molecule has 0 unspecified atom stereocenters. The minimum atomic E-state index is -0.0202. The molecule has 1 rings (SSSR count). The molecule has 5 nitrogen and oxygen atoms in total. The SMILES string of the molecule is CCCCCC(=O)N1CC[C@@H](CC(=O)NCCO)[C@@H](CC)C1. The van der Waals surface area contributed by atoms with E-state index in [-0.39, 0.29) is 18.4 Å². The summed E-state index contributed by atoms with van der Waals surface area (Å²) in [5, 5.41) is 11.5.